The van der Waals surface area contributed by atoms with Crippen molar-refractivity contribution in [2.24, 2.45) is 5.14 Å². The van der Waals surface area contributed by atoms with Gasteiger partial charge in [0.2, 0.25) is 10.0 Å². The third-order valence-electron chi connectivity index (χ3n) is 3.53. The Labute approximate surface area is 156 Å². The van der Waals surface area contributed by atoms with Gasteiger partial charge >= 0.3 is 5.97 Å². The van der Waals surface area contributed by atoms with Crippen molar-refractivity contribution in [2.45, 2.75) is 24.8 Å². The van der Waals surface area contributed by atoms with Crippen LogP contribution in [0.2, 0.25) is 5.02 Å². The standard InChI is InChI=1S/C17H17ClN2O5S/c1-10-5-3-4-6-14(10)20-16(21)11(2)25-17(22)12-7-8-13(18)15(9-12)26(19,23)24/h3-9,11H,1-2H3,(H,20,21)(H2,19,23,24)/t11-/m0/s1. The normalized spacial score (nSPS) is 12.3. The van der Waals surface area contributed by atoms with E-state index < -0.39 is 32.9 Å². The predicted octanol–water partition coefficient (Wildman–Crippen LogP) is 2.48. The van der Waals surface area contributed by atoms with E-state index >= 15 is 0 Å². The number of esters is 1. The van der Waals surface area contributed by atoms with Crippen LogP contribution in [0.4, 0.5) is 5.69 Å². The highest BCUT2D eigenvalue weighted by Crippen LogP contribution is 2.22. The Balaban J connectivity index is 2.12. The zero-order valence-electron chi connectivity index (χ0n) is 14.0. The van der Waals surface area contributed by atoms with Gasteiger partial charge in [-0.15, -0.1) is 0 Å². The number of sulfonamides is 1. The van der Waals surface area contributed by atoms with Crippen LogP contribution in [-0.4, -0.2) is 26.4 Å². The van der Waals surface area contributed by atoms with Crippen molar-refractivity contribution in [1.29, 1.82) is 0 Å². The van der Waals surface area contributed by atoms with Gasteiger partial charge in [0, 0.05) is 5.69 Å². The van der Waals surface area contributed by atoms with Crippen LogP contribution in [0.1, 0.15) is 22.8 Å². The van der Waals surface area contributed by atoms with Gasteiger partial charge in [-0.25, -0.2) is 18.4 Å². The molecule has 2 aromatic rings. The Morgan fingerprint density at radius 1 is 1.19 bits per heavy atom. The van der Waals surface area contributed by atoms with Gasteiger partial charge < -0.3 is 10.1 Å². The number of ether oxygens (including phenoxy) is 1. The van der Waals surface area contributed by atoms with E-state index in [9.17, 15) is 18.0 Å². The second-order valence-electron chi connectivity index (χ2n) is 5.54. The lowest BCUT2D eigenvalue weighted by Gasteiger charge is -2.15. The minimum Gasteiger partial charge on any atom is -0.449 e. The van der Waals surface area contributed by atoms with E-state index in [2.05, 4.69) is 5.32 Å². The maximum atomic E-state index is 12.2. The Bertz CT molecular complexity index is 959. The Morgan fingerprint density at radius 3 is 2.46 bits per heavy atom. The summed E-state index contributed by atoms with van der Waals surface area (Å²) < 4.78 is 28.0. The minimum atomic E-state index is -4.10. The number of primary sulfonamides is 1. The molecule has 2 rings (SSSR count). The van der Waals surface area contributed by atoms with Crippen molar-refractivity contribution < 1.29 is 22.7 Å². The zero-order valence-corrected chi connectivity index (χ0v) is 15.6. The lowest BCUT2D eigenvalue weighted by Crippen LogP contribution is -2.30. The molecule has 26 heavy (non-hydrogen) atoms. The van der Waals surface area contributed by atoms with Gasteiger partial charge in [0.05, 0.1) is 10.6 Å². The summed E-state index contributed by atoms with van der Waals surface area (Å²) in [5, 5.41) is 7.59. The fourth-order valence-electron chi connectivity index (χ4n) is 2.08. The number of para-hydroxylation sites is 1. The number of carbonyl (C=O) groups excluding carboxylic acids is 2. The quantitative estimate of drug-likeness (QED) is 0.753. The molecule has 0 aliphatic carbocycles. The zero-order chi connectivity index (χ0) is 19.5. The number of benzene rings is 2. The second-order valence-corrected chi connectivity index (χ2v) is 7.48. The van der Waals surface area contributed by atoms with E-state index in [0.717, 1.165) is 11.6 Å². The Morgan fingerprint density at radius 2 is 1.85 bits per heavy atom. The molecule has 0 heterocycles. The molecule has 9 heteroatoms. The van der Waals surface area contributed by atoms with Crippen molar-refractivity contribution in [3.05, 3.63) is 58.6 Å². The number of amides is 1. The molecule has 0 aromatic heterocycles. The lowest BCUT2D eigenvalue weighted by atomic mass is 10.2. The first-order valence-electron chi connectivity index (χ1n) is 7.49. The van der Waals surface area contributed by atoms with Crippen LogP contribution in [0.15, 0.2) is 47.4 Å². The molecular formula is C17H17ClN2O5S. The molecule has 0 bridgehead atoms. The molecule has 0 aliphatic heterocycles. The highest BCUT2D eigenvalue weighted by molar-refractivity contribution is 7.89. The molecule has 1 atom stereocenters. The lowest BCUT2D eigenvalue weighted by molar-refractivity contribution is -0.123. The number of anilines is 1. The van der Waals surface area contributed by atoms with E-state index in [0.29, 0.717) is 5.69 Å². The van der Waals surface area contributed by atoms with Crippen molar-refractivity contribution in [1.82, 2.24) is 0 Å². The number of nitrogens with two attached hydrogens (primary N) is 1. The summed E-state index contributed by atoms with van der Waals surface area (Å²) in [6, 6.07) is 10.7. The summed E-state index contributed by atoms with van der Waals surface area (Å²) in [4.78, 5) is 24.0. The fraction of sp³-hybridized carbons (Fsp3) is 0.176. The molecule has 138 valence electrons. The van der Waals surface area contributed by atoms with Crippen molar-refractivity contribution >= 4 is 39.2 Å². The Kier molecular flexibility index (Phi) is 6.01. The number of hydrogen-bond donors (Lipinski definition) is 2. The van der Waals surface area contributed by atoms with Gasteiger partial charge in [-0.2, -0.15) is 0 Å². The molecule has 2 aromatic carbocycles. The summed E-state index contributed by atoms with van der Waals surface area (Å²) in [6.07, 6.45) is -1.10. The number of hydrogen-bond acceptors (Lipinski definition) is 5. The van der Waals surface area contributed by atoms with Gasteiger partial charge in [0.25, 0.3) is 5.91 Å². The van der Waals surface area contributed by atoms with E-state index in [1.165, 1.54) is 19.1 Å². The van der Waals surface area contributed by atoms with Crippen molar-refractivity contribution in [3.63, 3.8) is 0 Å². The topological polar surface area (TPSA) is 116 Å². The van der Waals surface area contributed by atoms with Crippen LogP contribution in [0, 0.1) is 6.92 Å². The summed E-state index contributed by atoms with van der Waals surface area (Å²) in [5.74, 6) is -1.40. The number of aryl methyl sites for hydroxylation is 1. The molecule has 0 saturated heterocycles. The van der Waals surface area contributed by atoms with E-state index in [4.69, 9.17) is 21.5 Å². The van der Waals surface area contributed by atoms with Gasteiger partial charge in [0.1, 0.15) is 4.90 Å². The van der Waals surface area contributed by atoms with Crippen LogP contribution >= 0.6 is 11.6 Å². The first-order chi connectivity index (χ1) is 12.1. The molecule has 7 nitrogen and oxygen atoms in total. The molecule has 3 N–H and O–H groups in total. The number of halogens is 1. The molecule has 0 aliphatic rings. The molecule has 0 saturated carbocycles. The molecule has 0 unspecified atom stereocenters. The average molecular weight is 397 g/mol. The fourth-order valence-corrected chi connectivity index (χ4v) is 3.15. The highest BCUT2D eigenvalue weighted by atomic mass is 35.5. The maximum Gasteiger partial charge on any atom is 0.338 e. The monoisotopic (exact) mass is 396 g/mol. The van der Waals surface area contributed by atoms with Gasteiger partial charge in [0.15, 0.2) is 6.10 Å². The molecule has 0 radical (unpaired) electrons. The minimum absolute atomic E-state index is 0.0889. The average Bonchev–Trinajstić information content (AvgIpc) is 2.56. The first kappa shape index (κ1) is 19.9. The molecule has 0 spiro atoms. The molecule has 1 amide bonds. The van der Waals surface area contributed by atoms with Gasteiger partial charge in [-0.1, -0.05) is 29.8 Å². The SMILES string of the molecule is Cc1ccccc1NC(=O)[C@H](C)OC(=O)c1ccc(Cl)c(S(N)(=O)=O)c1. The largest absolute Gasteiger partial charge is 0.449 e. The van der Waals surface area contributed by atoms with Crippen LogP contribution in [0.3, 0.4) is 0 Å². The molecular weight excluding hydrogens is 380 g/mol. The van der Waals surface area contributed by atoms with Crippen LogP contribution in [-0.2, 0) is 19.6 Å². The van der Waals surface area contributed by atoms with Crippen molar-refractivity contribution in [2.75, 3.05) is 5.32 Å². The second kappa shape index (κ2) is 7.86. The summed E-state index contributed by atoms with van der Waals surface area (Å²) in [7, 11) is -4.10. The molecule has 0 fully saturated rings. The van der Waals surface area contributed by atoms with Crippen molar-refractivity contribution in [3.8, 4) is 0 Å². The summed E-state index contributed by atoms with van der Waals surface area (Å²) >= 11 is 5.77. The first-order valence-corrected chi connectivity index (χ1v) is 9.42. The number of nitrogens with one attached hydrogen (secondary N) is 1. The van der Waals surface area contributed by atoms with Crippen LogP contribution in [0.5, 0.6) is 0 Å². The van der Waals surface area contributed by atoms with Gasteiger partial charge in [-0.3, -0.25) is 4.79 Å². The summed E-state index contributed by atoms with van der Waals surface area (Å²) in [5.41, 5.74) is 1.37. The maximum absolute atomic E-state index is 12.2. The van der Waals surface area contributed by atoms with E-state index in [-0.39, 0.29) is 10.6 Å². The van der Waals surface area contributed by atoms with E-state index in [1.807, 2.05) is 19.1 Å². The third kappa shape index (κ3) is 4.81. The third-order valence-corrected chi connectivity index (χ3v) is 4.92. The van der Waals surface area contributed by atoms with E-state index in [1.54, 1.807) is 12.1 Å². The van der Waals surface area contributed by atoms with Crippen LogP contribution < -0.4 is 10.5 Å². The smallest absolute Gasteiger partial charge is 0.338 e. The van der Waals surface area contributed by atoms with Crippen LogP contribution in [0.25, 0.3) is 0 Å². The number of carbonyl (C=O) groups is 2. The summed E-state index contributed by atoms with van der Waals surface area (Å²) in [6.45, 7) is 3.23. The number of rotatable bonds is 5. The Hall–Kier alpha value is -2.42. The predicted molar refractivity (Wildman–Crippen MR) is 97.5 cm³/mol. The van der Waals surface area contributed by atoms with Gasteiger partial charge in [-0.05, 0) is 43.7 Å². The highest BCUT2D eigenvalue weighted by Gasteiger charge is 2.22.